The molecular weight excluding hydrogens is 436 g/mol. The van der Waals surface area contributed by atoms with Crippen LogP contribution in [0.25, 0.3) is 11.0 Å². The number of hydrogen-bond donors (Lipinski definition) is 2. The molecule has 7 nitrogen and oxygen atoms in total. The van der Waals surface area contributed by atoms with Crippen molar-refractivity contribution in [1.82, 2.24) is 14.5 Å². The molecule has 0 amide bonds. The van der Waals surface area contributed by atoms with Gasteiger partial charge in [0, 0.05) is 37.1 Å². The second-order valence-electron chi connectivity index (χ2n) is 9.05. The minimum absolute atomic E-state index is 0.199. The van der Waals surface area contributed by atoms with Crippen LogP contribution in [0.3, 0.4) is 0 Å². The maximum Gasteiger partial charge on any atom is 0.211 e. The molecule has 1 saturated heterocycles. The highest BCUT2D eigenvalue weighted by atomic mass is 35.5. The topological polar surface area (TPSA) is 77.8 Å². The van der Waals surface area contributed by atoms with E-state index in [9.17, 15) is 8.42 Å². The van der Waals surface area contributed by atoms with Gasteiger partial charge in [0.25, 0.3) is 0 Å². The quantitative estimate of drug-likeness (QED) is 0.719. The van der Waals surface area contributed by atoms with E-state index in [4.69, 9.17) is 16.0 Å². The van der Waals surface area contributed by atoms with E-state index < -0.39 is 10.0 Å². The van der Waals surface area contributed by atoms with Crippen LogP contribution in [0, 0.1) is 0 Å². The molecule has 1 aromatic heterocycles. The number of nitrogens with one attached hydrogen (secondary N) is 2. The highest BCUT2D eigenvalue weighted by Gasteiger charge is 2.42. The van der Waals surface area contributed by atoms with E-state index in [0.717, 1.165) is 59.5 Å². The molecule has 5 rings (SSSR count). The summed E-state index contributed by atoms with van der Waals surface area (Å²) in [4.78, 5) is 2.24. The summed E-state index contributed by atoms with van der Waals surface area (Å²) in [6.45, 7) is 7.18. The van der Waals surface area contributed by atoms with Crippen LogP contribution >= 0.6 is 11.6 Å². The number of fused-ring (bicyclic) bond motifs is 4. The van der Waals surface area contributed by atoms with Crippen molar-refractivity contribution >= 4 is 38.3 Å². The van der Waals surface area contributed by atoms with Gasteiger partial charge in [0.15, 0.2) is 0 Å². The standard InChI is InChI=1S/C22H29ClN4O3S/c1-15-24-20-18(23)13-16-12-17(14-26-8-10-27(11-9-26)31(2,28)29)30-21(16)19(20)22(25-15)6-4-3-5-7-22/h12-13,24-25H,1,3-11,14H2,2H3. The molecular formula is C22H29ClN4O3S. The molecule has 1 spiro atoms. The van der Waals surface area contributed by atoms with E-state index >= 15 is 0 Å². The van der Waals surface area contributed by atoms with Gasteiger partial charge in [0.1, 0.15) is 11.3 Å². The molecule has 2 fully saturated rings. The lowest BCUT2D eigenvalue weighted by Crippen LogP contribution is -2.48. The Labute approximate surface area is 188 Å². The zero-order chi connectivity index (χ0) is 21.8. The molecule has 168 valence electrons. The van der Waals surface area contributed by atoms with Crippen molar-refractivity contribution in [2.45, 2.75) is 44.2 Å². The fourth-order valence-electron chi connectivity index (χ4n) is 5.36. The Balaban J connectivity index is 1.47. The molecule has 3 heterocycles. The number of nitrogens with zero attached hydrogens (tertiary/aromatic N) is 2. The Morgan fingerprint density at radius 3 is 2.55 bits per heavy atom. The van der Waals surface area contributed by atoms with Crippen LogP contribution in [-0.4, -0.2) is 50.1 Å². The predicted octanol–water partition coefficient (Wildman–Crippen LogP) is 3.81. The Kier molecular flexibility index (Phi) is 5.24. The third-order valence-corrected chi connectivity index (χ3v) is 8.44. The van der Waals surface area contributed by atoms with Crippen LogP contribution in [0.5, 0.6) is 0 Å². The lowest BCUT2D eigenvalue weighted by molar-refractivity contribution is 0.172. The zero-order valence-electron chi connectivity index (χ0n) is 17.8. The predicted molar refractivity (Wildman–Crippen MR) is 124 cm³/mol. The number of furan rings is 1. The lowest BCUT2D eigenvalue weighted by atomic mass is 9.74. The number of anilines is 1. The Morgan fingerprint density at radius 2 is 1.87 bits per heavy atom. The van der Waals surface area contributed by atoms with Crippen LogP contribution in [-0.2, 0) is 22.1 Å². The summed E-state index contributed by atoms with van der Waals surface area (Å²) in [5.74, 6) is 1.66. The largest absolute Gasteiger partial charge is 0.459 e. The minimum atomic E-state index is -3.13. The Hall–Kier alpha value is -1.74. The fraction of sp³-hybridized carbons (Fsp3) is 0.545. The van der Waals surface area contributed by atoms with E-state index in [0.29, 0.717) is 37.7 Å². The fourth-order valence-corrected chi connectivity index (χ4v) is 6.45. The van der Waals surface area contributed by atoms with Crippen molar-refractivity contribution in [1.29, 1.82) is 0 Å². The van der Waals surface area contributed by atoms with Gasteiger partial charge in [-0.3, -0.25) is 4.90 Å². The summed E-state index contributed by atoms with van der Waals surface area (Å²) in [7, 11) is -3.13. The summed E-state index contributed by atoms with van der Waals surface area (Å²) >= 11 is 6.70. The van der Waals surface area contributed by atoms with Gasteiger partial charge in [-0.25, -0.2) is 8.42 Å². The van der Waals surface area contributed by atoms with Crippen molar-refractivity contribution in [2.75, 3.05) is 37.8 Å². The normalized spacial score (nSPS) is 22.3. The van der Waals surface area contributed by atoms with Gasteiger partial charge in [-0.1, -0.05) is 37.4 Å². The van der Waals surface area contributed by atoms with Crippen molar-refractivity contribution in [3.63, 3.8) is 0 Å². The van der Waals surface area contributed by atoms with Crippen LogP contribution in [0.2, 0.25) is 5.02 Å². The van der Waals surface area contributed by atoms with E-state index in [-0.39, 0.29) is 5.54 Å². The van der Waals surface area contributed by atoms with E-state index in [1.54, 1.807) is 0 Å². The second kappa shape index (κ2) is 7.69. The highest BCUT2D eigenvalue weighted by Crippen LogP contribution is 2.49. The van der Waals surface area contributed by atoms with Gasteiger partial charge in [0.2, 0.25) is 10.0 Å². The first-order chi connectivity index (χ1) is 14.7. The van der Waals surface area contributed by atoms with E-state index in [1.165, 1.54) is 17.0 Å². The van der Waals surface area contributed by atoms with Gasteiger partial charge < -0.3 is 15.1 Å². The molecule has 1 aliphatic carbocycles. The van der Waals surface area contributed by atoms with Gasteiger partial charge in [-0.15, -0.1) is 0 Å². The van der Waals surface area contributed by atoms with Crippen molar-refractivity contribution in [3.8, 4) is 0 Å². The molecule has 9 heteroatoms. The van der Waals surface area contributed by atoms with Crippen molar-refractivity contribution < 1.29 is 12.8 Å². The molecule has 2 N–H and O–H groups in total. The molecule has 0 unspecified atom stereocenters. The molecule has 1 aromatic carbocycles. The summed E-state index contributed by atoms with van der Waals surface area (Å²) in [6.07, 6.45) is 6.88. The van der Waals surface area contributed by atoms with Crippen molar-refractivity contribution in [3.05, 3.63) is 40.9 Å². The number of halogens is 1. The number of sulfonamides is 1. The third-order valence-electron chi connectivity index (χ3n) is 6.84. The zero-order valence-corrected chi connectivity index (χ0v) is 19.4. The van der Waals surface area contributed by atoms with Gasteiger partial charge >= 0.3 is 0 Å². The molecule has 31 heavy (non-hydrogen) atoms. The SMILES string of the molecule is C=C1Nc2c(Cl)cc3cc(CN4CCN(S(C)(=O)=O)CC4)oc3c2C2(CCCCC2)N1. The molecule has 2 aliphatic heterocycles. The van der Waals surface area contributed by atoms with E-state index in [2.05, 4.69) is 28.2 Å². The maximum atomic E-state index is 11.8. The summed E-state index contributed by atoms with van der Waals surface area (Å²) in [5.41, 5.74) is 2.71. The first kappa shape index (κ1) is 21.1. The minimum Gasteiger partial charge on any atom is -0.459 e. The second-order valence-corrected chi connectivity index (χ2v) is 11.4. The molecule has 2 aromatic rings. The Bertz CT molecular complexity index is 1130. The average Bonchev–Trinajstić information content (AvgIpc) is 3.10. The Morgan fingerprint density at radius 1 is 1.16 bits per heavy atom. The van der Waals surface area contributed by atoms with Crippen LogP contribution in [0.1, 0.15) is 43.4 Å². The summed E-state index contributed by atoms with van der Waals surface area (Å²) < 4.78 is 31.5. The monoisotopic (exact) mass is 464 g/mol. The molecule has 3 aliphatic rings. The number of benzene rings is 1. The van der Waals surface area contributed by atoms with Gasteiger partial charge in [0.05, 0.1) is 34.9 Å². The van der Waals surface area contributed by atoms with Crippen LogP contribution in [0.15, 0.2) is 28.9 Å². The lowest BCUT2D eigenvalue weighted by Gasteiger charge is -2.44. The first-order valence-electron chi connectivity index (χ1n) is 10.9. The van der Waals surface area contributed by atoms with Crippen LogP contribution in [0.4, 0.5) is 5.69 Å². The summed E-state index contributed by atoms with van der Waals surface area (Å²) in [6, 6.07) is 4.04. The molecule has 1 saturated carbocycles. The molecule has 0 radical (unpaired) electrons. The molecule has 0 atom stereocenters. The smallest absolute Gasteiger partial charge is 0.211 e. The number of hydrogen-bond acceptors (Lipinski definition) is 6. The highest BCUT2D eigenvalue weighted by molar-refractivity contribution is 7.88. The average molecular weight is 465 g/mol. The molecule has 0 bridgehead atoms. The summed E-state index contributed by atoms with van der Waals surface area (Å²) in [5, 5.41) is 8.64. The van der Waals surface area contributed by atoms with Gasteiger partial charge in [-0.05, 0) is 25.0 Å². The number of rotatable bonds is 3. The van der Waals surface area contributed by atoms with Crippen molar-refractivity contribution in [2.24, 2.45) is 0 Å². The maximum absolute atomic E-state index is 11.8. The van der Waals surface area contributed by atoms with Gasteiger partial charge in [-0.2, -0.15) is 4.31 Å². The third kappa shape index (κ3) is 3.84. The van der Waals surface area contributed by atoms with E-state index in [1.807, 2.05) is 6.07 Å². The number of piperazine rings is 1. The van der Waals surface area contributed by atoms with Crippen LogP contribution < -0.4 is 10.6 Å². The first-order valence-corrected chi connectivity index (χ1v) is 13.1.